The maximum Gasteiger partial charge on any atom is 0.0944 e. The summed E-state index contributed by atoms with van der Waals surface area (Å²) in [5, 5.41) is 12.4. The number of rotatable bonds is 4. The summed E-state index contributed by atoms with van der Waals surface area (Å²) in [6, 6.07) is 1.80. The lowest BCUT2D eigenvalue weighted by Crippen LogP contribution is -2.13. The maximum absolute atomic E-state index is 9.84. The molecule has 1 N–H and O–H groups in total. The second-order valence-electron chi connectivity index (χ2n) is 3.01. The molecular formula is C9H13ClO2S. The quantitative estimate of drug-likeness (QED) is 0.846. The zero-order valence-electron chi connectivity index (χ0n) is 7.66. The van der Waals surface area contributed by atoms with E-state index in [0.29, 0.717) is 11.6 Å². The summed E-state index contributed by atoms with van der Waals surface area (Å²) in [4.78, 5) is 0.825. The fraction of sp³-hybridized carbons (Fsp3) is 0.556. The van der Waals surface area contributed by atoms with Gasteiger partial charge in [-0.3, -0.25) is 0 Å². The minimum atomic E-state index is -0.521. The number of thiophene rings is 1. The molecule has 0 saturated heterocycles. The highest BCUT2D eigenvalue weighted by atomic mass is 35.5. The van der Waals surface area contributed by atoms with Crippen LogP contribution in [0.4, 0.5) is 0 Å². The Balaban J connectivity index is 2.67. The third kappa shape index (κ3) is 2.68. The minimum absolute atomic E-state index is 0.0705. The highest BCUT2D eigenvalue weighted by Gasteiger charge is 2.19. The Morgan fingerprint density at radius 1 is 1.69 bits per heavy atom. The van der Waals surface area contributed by atoms with Crippen molar-refractivity contribution in [2.75, 3.05) is 13.7 Å². The Morgan fingerprint density at radius 2 is 2.38 bits per heavy atom. The zero-order valence-corrected chi connectivity index (χ0v) is 9.23. The van der Waals surface area contributed by atoms with Crippen LogP contribution >= 0.6 is 22.9 Å². The van der Waals surface area contributed by atoms with Crippen molar-refractivity contribution in [3.8, 4) is 0 Å². The standard InChI is InChI=1S/C9H13ClO2S/c1-6(5-12-2)8(11)9-7(10)3-4-13-9/h3-4,6,8,11H,5H2,1-2H3. The molecule has 0 spiro atoms. The Hall–Kier alpha value is -0.0900. The molecule has 1 rings (SSSR count). The lowest BCUT2D eigenvalue weighted by atomic mass is 10.1. The predicted octanol–water partition coefficient (Wildman–Crippen LogP) is 2.72. The molecule has 0 bridgehead atoms. The first-order valence-electron chi connectivity index (χ1n) is 4.06. The Kier molecular flexibility index (Phi) is 4.19. The van der Waals surface area contributed by atoms with Gasteiger partial charge in [0.25, 0.3) is 0 Å². The maximum atomic E-state index is 9.84. The van der Waals surface area contributed by atoms with Gasteiger partial charge in [-0.1, -0.05) is 18.5 Å². The summed E-state index contributed by atoms with van der Waals surface area (Å²) in [7, 11) is 1.62. The molecule has 2 atom stereocenters. The van der Waals surface area contributed by atoms with Crippen LogP contribution in [-0.2, 0) is 4.74 Å². The molecule has 74 valence electrons. The smallest absolute Gasteiger partial charge is 0.0944 e. The van der Waals surface area contributed by atoms with Gasteiger partial charge in [-0.2, -0.15) is 0 Å². The van der Waals surface area contributed by atoms with Crippen molar-refractivity contribution in [3.63, 3.8) is 0 Å². The molecule has 2 unspecified atom stereocenters. The van der Waals surface area contributed by atoms with Crippen LogP contribution in [0.25, 0.3) is 0 Å². The van der Waals surface area contributed by atoms with Crippen molar-refractivity contribution in [2.45, 2.75) is 13.0 Å². The van der Waals surface area contributed by atoms with E-state index in [2.05, 4.69) is 0 Å². The molecule has 1 heterocycles. The largest absolute Gasteiger partial charge is 0.387 e. The second-order valence-corrected chi connectivity index (χ2v) is 4.37. The van der Waals surface area contributed by atoms with Gasteiger partial charge in [0, 0.05) is 13.0 Å². The molecule has 2 nitrogen and oxygen atoms in total. The molecule has 0 amide bonds. The van der Waals surface area contributed by atoms with E-state index in [9.17, 15) is 5.11 Å². The van der Waals surface area contributed by atoms with E-state index >= 15 is 0 Å². The molecular weight excluding hydrogens is 208 g/mol. The van der Waals surface area contributed by atoms with E-state index in [0.717, 1.165) is 4.88 Å². The van der Waals surface area contributed by atoms with E-state index in [4.69, 9.17) is 16.3 Å². The molecule has 4 heteroatoms. The molecule has 0 radical (unpaired) electrons. The summed E-state index contributed by atoms with van der Waals surface area (Å²) in [6.07, 6.45) is -0.521. The molecule has 13 heavy (non-hydrogen) atoms. The van der Waals surface area contributed by atoms with Gasteiger partial charge in [0.2, 0.25) is 0 Å². The van der Waals surface area contributed by atoms with Crippen molar-refractivity contribution in [3.05, 3.63) is 21.3 Å². The molecule has 0 saturated carbocycles. The van der Waals surface area contributed by atoms with Crippen molar-refractivity contribution in [2.24, 2.45) is 5.92 Å². The van der Waals surface area contributed by atoms with E-state index < -0.39 is 6.10 Å². The fourth-order valence-electron chi connectivity index (χ4n) is 1.13. The molecule has 0 aromatic carbocycles. The minimum Gasteiger partial charge on any atom is -0.387 e. The zero-order chi connectivity index (χ0) is 9.84. The van der Waals surface area contributed by atoms with E-state index in [1.165, 1.54) is 11.3 Å². The number of ether oxygens (including phenoxy) is 1. The molecule has 0 aliphatic rings. The highest BCUT2D eigenvalue weighted by Crippen LogP contribution is 2.32. The number of methoxy groups -OCH3 is 1. The SMILES string of the molecule is COCC(C)C(O)c1sccc1Cl. The van der Waals surface area contributed by atoms with Crippen LogP contribution in [0.5, 0.6) is 0 Å². The van der Waals surface area contributed by atoms with Gasteiger partial charge in [-0.05, 0) is 11.4 Å². The van der Waals surface area contributed by atoms with Crippen LogP contribution in [0.15, 0.2) is 11.4 Å². The van der Waals surface area contributed by atoms with Gasteiger partial charge in [-0.25, -0.2) is 0 Å². The van der Waals surface area contributed by atoms with Gasteiger partial charge >= 0.3 is 0 Å². The normalized spacial score (nSPS) is 15.7. The first kappa shape index (κ1) is 11.0. The average molecular weight is 221 g/mol. The number of halogens is 1. The summed E-state index contributed by atoms with van der Waals surface area (Å²) in [5.41, 5.74) is 0. The monoisotopic (exact) mass is 220 g/mol. The van der Waals surface area contributed by atoms with Gasteiger partial charge in [0.1, 0.15) is 0 Å². The van der Waals surface area contributed by atoms with Crippen LogP contribution < -0.4 is 0 Å². The molecule has 0 fully saturated rings. The Bertz CT molecular complexity index is 262. The summed E-state index contributed by atoms with van der Waals surface area (Å²) in [5.74, 6) is 0.0705. The van der Waals surface area contributed by atoms with Crippen LogP contribution in [0.1, 0.15) is 17.9 Å². The van der Waals surface area contributed by atoms with Crippen molar-refractivity contribution >= 4 is 22.9 Å². The fourth-order valence-corrected chi connectivity index (χ4v) is 2.42. The highest BCUT2D eigenvalue weighted by molar-refractivity contribution is 7.10. The lowest BCUT2D eigenvalue weighted by Gasteiger charge is -2.16. The molecule has 1 aromatic heterocycles. The molecule has 0 aliphatic heterocycles. The van der Waals surface area contributed by atoms with Gasteiger partial charge in [0.15, 0.2) is 0 Å². The number of aliphatic hydroxyl groups is 1. The van der Waals surface area contributed by atoms with E-state index in [1.54, 1.807) is 13.2 Å². The predicted molar refractivity (Wildman–Crippen MR) is 55.3 cm³/mol. The third-order valence-electron chi connectivity index (χ3n) is 1.88. The van der Waals surface area contributed by atoms with Crippen molar-refractivity contribution < 1.29 is 9.84 Å². The van der Waals surface area contributed by atoms with Gasteiger partial charge < -0.3 is 9.84 Å². The lowest BCUT2D eigenvalue weighted by molar-refractivity contribution is 0.0588. The van der Waals surface area contributed by atoms with Crippen LogP contribution in [0, 0.1) is 5.92 Å². The Morgan fingerprint density at radius 3 is 2.85 bits per heavy atom. The summed E-state index contributed by atoms with van der Waals surface area (Å²) >= 11 is 7.36. The van der Waals surface area contributed by atoms with Crippen molar-refractivity contribution in [1.29, 1.82) is 0 Å². The van der Waals surface area contributed by atoms with Crippen molar-refractivity contribution in [1.82, 2.24) is 0 Å². The average Bonchev–Trinajstić information content (AvgIpc) is 2.50. The third-order valence-corrected chi connectivity index (χ3v) is 3.31. The molecule has 0 aliphatic carbocycles. The van der Waals surface area contributed by atoms with E-state index in [-0.39, 0.29) is 5.92 Å². The van der Waals surface area contributed by atoms with Crippen LogP contribution in [0.2, 0.25) is 5.02 Å². The first-order valence-corrected chi connectivity index (χ1v) is 5.32. The summed E-state index contributed by atoms with van der Waals surface area (Å²) < 4.78 is 4.96. The van der Waals surface area contributed by atoms with Crippen LogP contribution in [-0.4, -0.2) is 18.8 Å². The first-order chi connectivity index (χ1) is 6.16. The van der Waals surface area contributed by atoms with Crippen LogP contribution in [0.3, 0.4) is 0 Å². The van der Waals surface area contributed by atoms with Gasteiger partial charge in [-0.15, -0.1) is 11.3 Å². The Labute approximate surface area is 87.1 Å². The molecule has 1 aromatic rings. The summed E-state index contributed by atoms with van der Waals surface area (Å²) in [6.45, 7) is 2.47. The van der Waals surface area contributed by atoms with Gasteiger partial charge in [0.05, 0.1) is 22.6 Å². The number of hydrogen-bond acceptors (Lipinski definition) is 3. The number of hydrogen-bond donors (Lipinski definition) is 1. The number of aliphatic hydroxyl groups excluding tert-OH is 1. The van der Waals surface area contributed by atoms with E-state index in [1.807, 2.05) is 12.3 Å². The second kappa shape index (κ2) is 4.96. The topological polar surface area (TPSA) is 29.5 Å².